The van der Waals surface area contributed by atoms with Gasteiger partial charge in [-0.15, -0.1) is 10.2 Å². The summed E-state index contributed by atoms with van der Waals surface area (Å²) in [7, 11) is 3.54. The fraction of sp³-hybridized carbons (Fsp3) is 0.280. The van der Waals surface area contributed by atoms with Crippen molar-refractivity contribution in [3.05, 3.63) is 77.9 Å². The Kier molecular flexibility index (Phi) is 7.32. The zero-order valence-corrected chi connectivity index (χ0v) is 20.5. The maximum absolute atomic E-state index is 13.0. The van der Waals surface area contributed by atoms with E-state index in [1.54, 1.807) is 13.3 Å². The molecule has 4 aromatic rings. The second-order valence-corrected chi connectivity index (χ2v) is 8.77. The molecule has 9 heteroatoms. The first-order valence-corrected chi connectivity index (χ1v) is 12.0. The van der Waals surface area contributed by atoms with Gasteiger partial charge in [-0.25, -0.2) is 4.98 Å². The summed E-state index contributed by atoms with van der Waals surface area (Å²) in [5, 5.41) is 12.6. The standard InChI is InChI=1S/C25H28N6O2S/c1-5-31-23(20-9-7-6-8-17(20)2)28-29-25(31)34-16-21(32)27-22(24-26-14-15-30(24)3)18-10-12-19(33-4)13-11-18/h6-15,22H,5,16H2,1-4H3,(H,27,32). The first-order valence-electron chi connectivity index (χ1n) is 11.0. The van der Waals surface area contributed by atoms with Gasteiger partial charge in [-0.05, 0) is 37.1 Å². The Bertz CT molecular complexity index is 1260. The fourth-order valence-electron chi connectivity index (χ4n) is 3.78. The lowest BCUT2D eigenvalue weighted by molar-refractivity contribution is -0.119. The minimum atomic E-state index is -0.384. The Labute approximate surface area is 203 Å². The van der Waals surface area contributed by atoms with E-state index in [2.05, 4.69) is 40.4 Å². The highest BCUT2D eigenvalue weighted by atomic mass is 32.2. The summed E-state index contributed by atoms with van der Waals surface area (Å²) in [6.45, 7) is 4.82. The van der Waals surface area contributed by atoms with E-state index in [0.717, 1.165) is 34.1 Å². The molecule has 2 aromatic heterocycles. The number of nitrogens with one attached hydrogen (secondary N) is 1. The van der Waals surface area contributed by atoms with Crippen molar-refractivity contribution in [3.63, 3.8) is 0 Å². The van der Waals surface area contributed by atoms with E-state index in [9.17, 15) is 4.79 Å². The highest BCUT2D eigenvalue weighted by Gasteiger charge is 2.22. The smallest absolute Gasteiger partial charge is 0.231 e. The lowest BCUT2D eigenvalue weighted by atomic mass is 10.1. The second-order valence-electron chi connectivity index (χ2n) is 7.82. The van der Waals surface area contributed by atoms with Gasteiger partial charge in [0.2, 0.25) is 5.91 Å². The highest BCUT2D eigenvalue weighted by Crippen LogP contribution is 2.27. The van der Waals surface area contributed by atoms with Gasteiger partial charge in [0.05, 0.1) is 12.9 Å². The molecule has 0 aliphatic rings. The fourth-order valence-corrected chi connectivity index (χ4v) is 4.60. The van der Waals surface area contributed by atoms with Crippen molar-refractivity contribution in [1.29, 1.82) is 0 Å². The molecular weight excluding hydrogens is 448 g/mol. The number of hydrogen-bond donors (Lipinski definition) is 1. The molecule has 176 valence electrons. The van der Waals surface area contributed by atoms with Crippen molar-refractivity contribution in [1.82, 2.24) is 29.6 Å². The molecule has 0 spiro atoms. The summed E-state index contributed by atoms with van der Waals surface area (Å²) >= 11 is 1.38. The summed E-state index contributed by atoms with van der Waals surface area (Å²) < 4.78 is 9.22. The van der Waals surface area contributed by atoms with Gasteiger partial charge in [-0.1, -0.05) is 48.2 Å². The van der Waals surface area contributed by atoms with Crippen LogP contribution in [-0.2, 0) is 18.4 Å². The predicted molar refractivity (Wildman–Crippen MR) is 133 cm³/mol. The van der Waals surface area contributed by atoms with Crippen molar-refractivity contribution in [2.75, 3.05) is 12.9 Å². The number of carbonyl (C=O) groups is 1. The number of rotatable bonds is 9. The zero-order chi connectivity index (χ0) is 24.1. The van der Waals surface area contributed by atoms with Crippen molar-refractivity contribution < 1.29 is 9.53 Å². The van der Waals surface area contributed by atoms with Crippen molar-refractivity contribution in [3.8, 4) is 17.1 Å². The molecule has 34 heavy (non-hydrogen) atoms. The van der Waals surface area contributed by atoms with Gasteiger partial charge >= 0.3 is 0 Å². The lowest BCUT2D eigenvalue weighted by Gasteiger charge is -2.19. The number of benzene rings is 2. The zero-order valence-electron chi connectivity index (χ0n) is 19.7. The molecule has 0 bridgehead atoms. The van der Waals surface area contributed by atoms with Crippen molar-refractivity contribution >= 4 is 17.7 Å². The number of aryl methyl sites for hydroxylation is 2. The number of carbonyl (C=O) groups excluding carboxylic acids is 1. The van der Waals surface area contributed by atoms with Gasteiger partial charge in [0.25, 0.3) is 0 Å². The Morgan fingerprint density at radius 1 is 1.15 bits per heavy atom. The van der Waals surface area contributed by atoms with Crippen LogP contribution in [0.25, 0.3) is 11.4 Å². The van der Waals surface area contributed by atoms with Gasteiger partial charge in [0.15, 0.2) is 11.0 Å². The number of nitrogens with zero attached hydrogens (tertiary/aromatic N) is 5. The topological polar surface area (TPSA) is 86.9 Å². The minimum absolute atomic E-state index is 0.114. The normalized spacial score (nSPS) is 11.9. The Hall–Kier alpha value is -3.59. The first kappa shape index (κ1) is 23.6. The van der Waals surface area contributed by atoms with Crippen LogP contribution >= 0.6 is 11.8 Å². The molecule has 2 heterocycles. The van der Waals surface area contributed by atoms with Crippen LogP contribution in [0.2, 0.25) is 0 Å². The molecule has 0 aliphatic heterocycles. The molecule has 1 unspecified atom stereocenters. The molecule has 0 aliphatic carbocycles. The quantitative estimate of drug-likeness (QED) is 0.367. The maximum Gasteiger partial charge on any atom is 0.231 e. The number of thioether (sulfide) groups is 1. The average Bonchev–Trinajstić information content (AvgIpc) is 3.47. The summed E-state index contributed by atoms with van der Waals surface area (Å²) in [4.78, 5) is 17.5. The van der Waals surface area contributed by atoms with Crippen LogP contribution < -0.4 is 10.1 Å². The number of hydrogen-bond acceptors (Lipinski definition) is 6. The van der Waals surface area contributed by atoms with Crippen LogP contribution in [0.3, 0.4) is 0 Å². The molecule has 1 atom stereocenters. The van der Waals surface area contributed by atoms with Gasteiger partial charge < -0.3 is 19.2 Å². The molecule has 0 saturated heterocycles. The molecule has 4 rings (SSSR count). The van der Waals surface area contributed by atoms with Crippen LogP contribution in [0.4, 0.5) is 0 Å². The Morgan fingerprint density at radius 3 is 2.56 bits per heavy atom. The molecule has 1 N–H and O–H groups in total. The highest BCUT2D eigenvalue weighted by molar-refractivity contribution is 7.99. The third kappa shape index (κ3) is 4.99. The van der Waals surface area contributed by atoms with Crippen LogP contribution in [0.5, 0.6) is 5.75 Å². The van der Waals surface area contributed by atoms with Gasteiger partial charge in [-0.3, -0.25) is 4.79 Å². The molecule has 0 radical (unpaired) electrons. The lowest BCUT2D eigenvalue weighted by Crippen LogP contribution is -2.32. The van der Waals surface area contributed by atoms with Gasteiger partial charge in [-0.2, -0.15) is 0 Å². The van der Waals surface area contributed by atoms with Gasteiger partial charge in [0.1, 0.15) is 17.6 Å². The van der Waals surface area contributed by atoms with Crippen molar-refractivity contribution in [2.24, 2.45) is 7.05 Å². The minimum Gasteiger partial charge on any atom is -0.497 e. The summed E-state index contributed by atoms with van der Waals surface area (Å²) in [5.41, 5.74) is 3.10. The van der Waals surface area contributed by atoms with Crippen molar-refractivity contribution in [2.45, 2.75) is 31.6 Å². The third-order valence-electron chi connectivity index (χ3n) is 5.62. The maximum atomic E-state index is 13.0. The number of aromatic nitrogens is 5. The number of amides is 1. The average molecular weight is 477 g/mol. The van der Waals surface area contributed by atoms with E-state index >= 15 is 0 Å². The van der Waals surface area contributed by atoms with Crippen LogP contribution in [0, 0.1) is 6.92 Å². The largest absolute Gasteiger partial charge is 0.497 e. The van der Waals surface area contributed by atoms with E-state index < -0.39 is 0 Å². The van der Waals surface area contributed by atoms with Crippen LogP contribution in [-0.4, -0.2) is 43.1 Å². The monoisotopic (exact) mass is 476 g/mol. The molecule has 2 aromatic carbocycles. The molecule has 0 fully saturated rings. The molecular formula is C25H28N6O2S. The van der Waals surface area contributed by atoms with E-state index in [1.807, 2.05) is 64.8 Å². The van der Waals surface area contributed by atoms with E-state index in [4.69, 9.17) is 4.74 Å². The Balaban J connectivity index is 1.51. The third-order valence-corrected chi connectivity index (χ3v) is 6.59. The number of methoxy groups -OCH3 is 1. The number of ether oxygens (including phenoxy) is 1. The summed E-state index contributed by atoms with van der Waals surface area (Å²) in [5.74, 6) is 2.42. The molecule has 8 nitrogen and oxygen atoms in total. The van der Waals surface area contributed by atoms with Crippen LogP contribution in [0.15, 0.2) is 66.1 Å². The van der Waals surface area contributed by atoms with Gasteiger partial charge in [0, 0.05) is 31.5 Å². The van der Waals surface area contributed by atoms with E-state index in [0.29, 0.717) is 11.7 Å². The van der Waals surface area contributed by atoms with E-state index in [-0.39, 0.29) is 17.7 Å². The summed E-state index contributed by atoms with van der Waals surface area (Å²) in [6.07, 6.45) is 3.59. The van der Waals surface area contributed by atoms with Crippen LogP contribution in [0.1, 0.15) is 29.9 Å². The van der Waals surface area contributed by atoms with E-state index in [1.165, 1.54) is 11.8 Å². The number of imidazole rings is 1. The molecule has 1 amide bonds. The predicted octanol–water partition coefficient (Wildman–Crippen LogP) is 4.01. The second kappa shape index (κ2) is 10.6. The molecule has 0 saturated carbocycles. The SMILES string of the molecule is CCn1c(SCC(=O)NC(c2ccc(OC)cc2)c2nccn2C)nnc1-c1ccccc1C. The summed E-state index contributed by atoms with van der Waals surface area (Å²) in [6, 6.07) is 15.3. The first-order chi connectivity index (χ1) is 16.5. The Morgan fingerprint density at radius 2 is 1.91 bits per heavy atom.